The average Bonchev–Trinajstić information content (AvgIpc) is 2.46. The van der Waals surface area contributed by atoms with E-state index < -0.39 is 0 Å². The van der Waals surface area contributed by atoms with Crippen LogP contribution in [0.2, 0.25) is 0 Å². The Morgan fingerprint density at radius 1 is 0.895 bits per heavy atom. The van der Waals surface area contributed by atoms with Gasteiger partial charge in [-0.3, -0.25) is 4.79 Å². The van der Waals surface area contributed by atoms with Crippen LogP contribution in [0.5, 0.6) is 0 Å². The van der Waals surface area contributed by atoms with Gasteiger partial charge in [-0.15, -0.1) is 0 Å². The number of aldehydes is 1. The predicted molar refractivity (Wildman–Crippen MR) is 78.1 cm³/mol. The molecule has 0 aliphatic carbocycles. The molecule has 1 heterocycles. The summed E-state index contributed by atoms with van der Waals surface area (Å²) in [5.41, 5.74) is 3.36. The highest BCUT2D eigenvalue weighted by Crippen LogP contribution is 2.24. The molecule has 0 radical (unpaired) electrons. The fraction of sp³-hybridized carbons (Fsp3) is 0. The number of carbonyl (C=O) groups is 1. The molecule has 3 nitrogen and oxygen atoms in total. The summed E-state index contributed by atoms with van der Waals surface area (Å²) >= 11 is 3.39. The molecule has 1 aromatic heterocycles. The van der Waals surface area contributed by atoms with Crippen LogP contribution in [-0.2, 0) is 0 Å². The van der Waals surface area contributed by atoms with Crippen molar-refractivity contribution in [2.75, 3.05) is 0 Å². The zero-order chi connectivity index (χ0) is 13.2. The second-order valence-corrected chi connectivity index (χ2v) is 4.99. The summed E-state index contributed by atoms with van der Waals surface area (Å²) in [5, 5.41) is 0. The van der Waals surface area contributed by atoms with Gasteiger partial charge in [0.1, 0.15) is 11.4 Å². The molecule has 0 spiro atoms. The van der Waals surface area contributed by atoms with Crippen molar-refractivity contribution in [3.63, 3.8) is 0 Å². The molecular formula is C15H9BrN2O. The van der Waals surface area contributed by atoms with Crippen molar-refractivity contribution < 1.29 is 4.79 Å². The lowest BCUT2D eigenvalue weighted by molar-refractivity contribution is 0.111. The minimum atomic E-state index is 0.362. The van der Waals surface area contributed by atoms with E-state index in [9.17, 15) is 4.79 Å². The van der Waals surface area contributed by atoms with E-state index in [1.54, 1.807) is 0 Å². The summed E-state index contributed by atoms with van der Waals surface area (Å²) in [6.45, 7) is 0. The van der Waals surface area contributed by atoms with Gasteiger partial charge in [0, 0.05) is 10.0 Å². The Labute approximate surface area is 118 Å². The Morgan fingerprint density at radius 2 is 1.53 bits per heavy atom. The minimum absolute atomic E-state index is 0.362. The van der Waals surface area contributed by atoms with E-state index in [1.807, 2.05) is 48.5 Å². The van der Waals surface area contributed by atoms with Crippen molar-refractivity contribution in [3.05, 3.63) is 58.7 Å². The minimum Gasteiger partial charge on any atom is -0.296 e. The van der Waals surface area contributed by atoms with Crippen molar-refractivity contribution in [3.8, 4) is 11.3 Å². The summed E-state index contributed by atoms with van der Waals surface area (Å²) in [6, 6.07) is 15.2. The first-order valence-electron chi connectivity index (χ1n) is 5.76. The number of aromatic nitrogens is 2. The Hall–Kier alpha value is -2.07. The maximum absolute atomic E-state index is 11.2. The van der Waals surface area contributed by atoms with Gasteiger partial charge in [0.05, 0.1) is 11.0 Å². The van der Waals surface area contributed by atoms with Crippen LogP contribution >= 0.6 is 15.9 Å². The van der Waals surface area contributed by atoms with Crippen LogP contribution in [0.25, 0.3) is 22.3 Å². The standard InChI is InChI=1S/C15H9BrN2O/c16-11-7-5-10(6-8-11)15-14(9-19)17-12-3-1-2-4-13(12)18-15/h1-9H. The van der Waals surface area contributed by atoms with E-state index in [1.165, 1.54) is 0 Å². The van der Waals surface area contributed by atoms with E-state index in [-0.39, 0.29) is 0 Å². The zero-order valence-electron chi connectivity index (χ0n) is 9.88. The Balaban J connectivity index is 2.26. The van der Waals surface area contributed by atoms with Crippen LogP contribution in [0.15, 0.2) is 53.0 Å². The Morgan fingerprint density at radius 3 is 2.16 bits per heavy atom. The van der Waals surface area contributed by atoms with Crippen molar-refractivity contribution in [2.24, 2.45) is 0 Å². The second-order valence-electron chi connectivity index (χ2n) is 4.07. The van der Waals surface area contributed by atoms with Gasteiger partial charge in [-0.05, 0) is 24.3 Å². The van der Waals surface area contributed by atoms with Crippen LogP contribution < -0.4 is 0 Å². The number of hydrogen-bond acceptors (Lipinski definition) is 3. The molecule has 0 aliphatic heterocycles. The number of carbonyl (C=O) groups excluding carboxylic acids is 1. The van der Waals surface area contributed by atoms with Gasteiger partial charge < -0.3 is 0 Å². The average molecular weight is 313 g/mol. The van der Waals surface area contributed by atoms with Gasteiger partial charge in [-0.25, -0.2) is 9.97 Å². The number of para-hydroxylation sites is 2. The van der Waals surface area contributed by atoms with Crippen LogP contribution in [-0.4, -0.2) is 16.3 Å². The van der Waals surface area contributed by atoms with Crippen molar-refractivity contribution in [2.45, 2.75) is 0 Å². The van der Waals surface area contributed by atoms with E-state index in [0.717, 1.165) is 27.4 Å². The molecule has 0 unspecified atom stereocenters. The van der Waals surface area contributed by atoms with Gasteiger partial charge in [-0.1, -0.05) is 40.2 Å². The highest BCUT2D eigenvalue weighted by atomic mass is 79.9. The molecule has 3 rings (SSSR count). The van der Waals surface area contributed by atoms with Crippen molar-refractivity contribution in [1.29, 1.82) is 0 Å². The number of halogens is 1. The van der Waals surface area contributed by atoms with Gasteiger partial charge in [0.25, 0.3) is 0 Å². The van der Waals surface area contributed by atoms with Gasteiger partial charge in [0.15, 0.2) is 6.29 Å². The van der Waals surface area contributed by atoms with Crippen molar-refractivity contribution in [1.82, 2.24) is 9.97 Å². The predicted octanol–water partition coefficient (Wildman–Crippen LogP) is 3.87. The summed E-state index contributed by atoms with van der Waals surface area (Å²) in [4.78, 5) is 20.1. The summed E-state index contributed by atoms with van der Waals surface area (Å²) in [7, 11) is 0. The first-order valence-corrected chi connectivity index (χ1v) is 6.55. The number of fused-ring (bicyclic) bond motifs is 1. The first-order chi connectivity index (χ1) is 9.28. The van der Waals surface area contributed by atoms with E-state index >= 15 is 0 Å². The van der Waals surface area contributed by atoms with Gasteiger partial charge in [0.2, 0.25) is 0 Å². The molecular weight excluding hydrogens is 304 g/mol. The number of hydrogen-bond donors (Lipinski definition) is 0. The first kappa shape index (κ1) is 12.0. The molecule has 0 atom stereocenters. The molecule has 2 aromatic carbocycles. The SMILES string of the molecule is O=Cc1nc2ccccc2nc1-c1ccc(Br)cc1. The second kappa shape index (κ2) is 4.90. The van der Waals surface area contributed by atoms with E-state index in [2.05, 4.69) is 25.9 Å². The van der Waals surface area contributed by atoms with Crippen LogP contribution in [0.1, 0.15) is 10.5 Å². The molecule has 0 N–H and O–H groups in total. The molecule has 19 heavy (non-hydrogen) atoms. The quantitative estimate of drug-likeness (QED) is 0.675. The number of benzene rings is 2. The smallest absolute Gasteiger partial charge is 0.170 e. The third-order valence-corrected chi connectivity index (χ3v) is 3.36. The molecule has 4 heteroatoms. The van der Waals surface area contributed by atoms with E-state index in [4.69, 9.17) is 0 Å². The van der Waals surface area contributed by atoms with Gasteiger partial charge >= 0.3 is 0 Å². The Kier molecular flexibility index (Phi) is 3.09. The fourth-order valence-electron chi connectivity index (χ4n) is 1.92. The normalized spacial score (nSPS) is 10.6. The van der Waals surface area contributed by atoms with E-state index in [0.29, 0.717) is 11.4 Å². The van der Waals surface area contributed by atoms with Crippen molar-refractivity contribution >= 4 is 33.2 Å². The molecule has 92 valence electrons. The van der Waals surface area contributed by atoms with Gasteiger partial charge in [-0.2, -0.15) is 0 Å². The fourth-order valence-corrected chi connectivity index (χ4v) is 2.18. The van der Waals surface area contributed by atoms with Crippen LogP contribution in [0.3, 0.4) is 0 Å². The highest BCUT2D eigenvalue weighted by molar-refractivity contribution is 9.10. The summed E-state index contributed by atoms with van der Waals surface area (Å²) in [6.07, 6.45) is 0.747. The number of rotatable bonds is 2. The molecule has 0 fully saturated rings. The lowest BCUT2D eigenvalue weighted by Gasteiger charge is -2.06. The Bertz CT molecular complexity index is 754. The molecule has 0 amide bonds. The maximum Gasteiger partial charge on any atom is 0.170 e. The third-order valence-electron chi connectivity index (χ3n) is 2.83. The largest absolute Gasteiger partial charge is 0.296 e. The maximum atomic E-state index is 11.2. The molecule has 0 bridgehead atoms. The zero-order valence-corrected chi connectivity index (χ0v) is 11.5. The topological polar surface area (TPSA) is 42.9 Å². The lowest BCUT2D eigenvalue weighted by atomic mass is 10.1. The number of nitrogens with zero attached hydrogens (tertiary/aromatic N) is 2. The highest BCUT2D eigenvalue weighted by Gasteiger charge is 2.10. The third kappa shape index (κ3) is 2.27. The summed E-state index contributed by atoms with van der Waals surface area (Å²) < 4.78 is 0.984. The molecule has 0 saturated carbocycles. The molecule has 0 saturated heterocycles. The van der Waals surface area contributed by atoms with Crippen LogP contribution in [0, 0.1) is 0 Å². The molecule has 0 aliphatic rings. The monoisotopic (exact) mass is 312 g/mol. The molecule has 3 aromatic rings. The lowest BCUT2D eigenvalue weighted by Crippen LogP contribution is -1.97. The summed E-state index contributed by atoms with van der Waals surface area (Å²) in [5.74, 6) is 0. The van der Waals surface area contributed by atoms with Crippen LogP contribution in [0.4, 0.5) is 0 Å².